The van der Waals surface area contributed by atoms with Crippen LogP contribution in [0.25, 0.3) is 0 Å². The number of anilines is 1. The SMILES string of the molecule is CC(C)C[C@H]1OCC2(COC(=O)Nc3ccccc3)CO[C@H](CC(C)C)N12. The fraction of sp³-hybridized carbons (Fsp3) is 0.667. The number of carbonyl (C=O) groups is 1. The average molecular weight is 376 g/mol. The van der Waals surface area contributed by atoms with Gasteiger partial charge in [-0.1, -0.05) is 45.9 Å². The van der Waals surface area contributed by atoms with Crippen LogP contribution < -0.4 is 5.32 Å². The van der Waals surface area contributed by atoms with Gasteiger partial charge >= 0.3 is 6.09 Å². The Kier molecular flexibility index (Phi) is 6.40. The summed E-state index contributed by atoms with van der Waals surface area (Å²) in [6.07, 6.45) is 1.45. The van der Waals surface area contributed by atoms with Crippen LogP contribution in [-0.4, -0.2) is 48.8 Å². The molecule has 1 aromatic carbocycles. The Morgan fingerprint density at radius 1 is 1.11 bits per heavy atom. The van der Waals surface area contributed by atoms with Crippen molar-refractivity contribution in [2.45, 2.75) is 58.5 Å². The number of rotatable bonds is 7. The van der Waals surface area contributed by atoms with Crippen molar-refractivity contribution in [3.63, 3.8) is 0 Å². The van der Waals surface area contributed by atoms with E-state index in [0.717, 1.165) is 18.5 Å². The molecule has 6 nitrogen and oxygen atoms in total. The van der Waals surface area contributed by atoms with Crippen LogP contribution in [0.3, 0.4) is 0 Å². The van der Waals surface area contributed by atoms with Crippen molar-refractivity contribution >= 4 is 11.8 Å². The maximum Gasteiger partial charge on any atom is 0.411 e. The molecule has 27 heavy (non-hydrogen) atoms. The Bertz CT molecular complexity index is 598. The molecule has 2 fully saturated rings. The molecule has 0 unspecified atom stereocenters. The molecule has 6 heteroatoms. The molecule has 2 aliphatic rings. The average Bonchev–Trinajstić information content (AvgIpc) is 3.13. The molecular weight excluding hydrogens is 344 g/mol. The normalized spacial score (nSPS) is 24.4. The fourth-order valence-electron chi connectivity index (χ4n) is 3.85. The van der Waals surface area contributed by atoms with E-state index in [1.807, 2.05) is 30.3 Å². The number of carbonyl (C=O) groups excluding carboxylic acids is 1. The Hall–Kier alpha value is -1.63. The molecule has 0 aromatic heterocycles. The predicted molar refractivity (Wildman–Crippen MR) is 104 cm³/mol. The number of ether oxygens (including phenoxy) is 3. The van der Waals surface area contributed by atoms with Crippen LogP contribution >= 0.6 is 0 Å². The minimum Gasteiger partial charge on any atom is -0.447 e. The summed E-state index contributed by atoms with van der Waals surface area (Å²) >= 11 is 0. The van der Waals surface area contributed by atoms with Crippen LogP contribution in [0.2, 0.25) is 0 Å². The molecule has 0 radical (unpaired) electrons. The third-order valence-electron chi connectivity index (χ3n) is 5.10. The summed E-state index contributed by atoms with van der Waals surface area (Å²) in [5.41, 5.74) is 0.324. The summed E-state index contributed by atoms with van der Waals surface area (Å²) in [5, 5.41) is 2.77. The van der Waals surface area contributed by atoms with E-state index in [1.165, 1.54) is 0 Å². The van der Waals surface area contributed by atoms with E-state index < -0.39 is 11.6 Å². The van der Waals surface area contributed by atoms with Gasteiger partial charge in [0, 0.05) is 5.69 Å². The fourth-order valence-corrected chi connectivity index (χ4v) is 3.85. The lowest BCUT2D eigenvalue weighted by atomic mass is 10.00. The topological polar surface area (TPSA) is 60.0 Å². The van der Waals surface area contributed by atoms with Crippen LogP contribution in [-0.2, 0) is 14.2 Å². The zero-order valence-corrected chi connectivity index (χ0v) is 16.8. The standard InChI is InChI=1S/C21H32N2O4/c1-15(2)10-18-23-19(11-16(3)4)26-13-21(23,12-25-18)14-27-20(24)22-17-8-6-5-7-9-17/h5-9,15-16,18-19H,10-14H2,1-4H3,(H,22,24)/t18-,19-/m1/s1. The van der Waals surface area contributed by atoms with Crippen molar-refractivity contribution in [1.82, 2.24) is 4.90 Å². The maximum absolute atomic E-state index is 12.2. The largest absolute Gasteiger partial charge is 0.447 e. The van der Waals surface area contributed by atoms with Crippen molar-refractivity contribution < 1.29 is 19.0 Å². The summed E-state index contributed by atoms with van der Waals surface area (Å²) < 4.78 is 17.9. The van der Waals surface area contributed by atoms with Gasteiger partial charge in [0.25, 0.3) is 0 Å². The first kappa shape index (κ1) is 20.1. The Balaban J connectivity index is 1.65. The Morgan fingerprint density at radius 2 is 1.67 bits per heavy atom. The third kappa shape index (κ3) is 4.81. The van der Waals surface area contributed by atoms with Gasteiger partial charge in [-0.05, 0) is 36.8 Å². The number of hydrogen-bond acceptors (Lipinski definition) is 5. The van der Waals surface area contributed by atoms with Gasteiger partial charge in [0.05, 0.1) is 13.2 Å². The summed E-state index contributed by atoms with van der Waals surface area (Å²) in [5.74, 6) is 1.04. The van der Waals surface area contributed by atoms with Crippen LogP contribution in [0, 0.1) is 11.8 Å². The molecule has 1 amide bonds. The molecular formula is C21H32N2O4. The first-order chi connectivity index (χ1) is 12.9. The highest BCUT2D eigenvalue weighted by Gasteiger charge is 2.56. The number of amides is 1. The second kappa shape index (κ2) is 8.59. The minimum absolute atomic E-state index is 0.0111. The Labute approximate surface area is 162 Å². The highest BCUT2D eigenvalue weighted by molar-refractivity contribution is 5.84. The Morgan fingerprint density at radius 3 is 2.19 bits per heavy atom. The van der Waals surface area contributed by atoms with Crippen LogP contribution in [0.15, 0.2) is 30.3 Å². The second-order valence-corrected chi connectivity index (χ2v) is 8.49. The van der Waals surface area contributed by atoms with Gasteiger partial charge in [-0.15, -0.1) is 0 Å². The molecule has 0 spiro atoms. The van der Waals surface area contributed by atoms with Gasteiger partial charge in [0.15, 0.2) is 0 Å². The lowest BCUT2D eigenvalue weighted by Gasteiger charge is -2.34. The summed E-state index contributed by atoms with van der Waals surface area (Å²) in [7, 11) is 0. The highest BCUT2D eigenvalue weighted by Crippen LogP contribution is 2.40. The lowest BCUT2D eigenvalue weighted by Crippen LogP contribution is -2.53. The van der Waals surface area contributed by atoms with Gasteiger partial charge in [0.2, 0.25) is 0 Å². The molecule has 150 valence electrons. The molecule has 0 aliphatic carbocycles. The molecule has 0 saturated carbocycles. The second-order valence-electron chi connectivity index (χ2n) is 8.49. The predicted octanol–water partition coefficient (Wildman–Crippen LogP) is 4.08. The van der Waals surface area contributed by atoms with Crippen LogP contribution in [0.1, 0.15) is 40.5 Å². The van der Waals surface area contributed by atoms with Crippen molar-refractivity contribution in [2.75, 3.05) is 25.1 Å². The lowest BCUT2D eigenvalue weighted by molar-refractivity contribution is -0.0736. The van der Waals surface area contributed by atoms with Crippen molar-refractivity contribution in [2.24, 2.45) is 11.8 Å². The smallest absolute Gasteiger partial charge is 0.411 e. The minimum atomic E-state index is -0.449. The summed E-state index contributed by atoms with van der Waals surface area (Å²) in [6, 6.07) is 9.32. The van der Waals surface area contributed by atoms with Gasteiger partial charge in [-0.2, -0.15) is 0 Å². The van der Waals surface area contributed by atoms with Gasteiger partial charge in [-0.25, -0.2) is 9.69 Å². The van der Waals surface area contributed by atoms with E-state index in [4.69, 9.17) is 14.2 Å². The first-order valence-electron chi connectivity index (χ1n) is 9.90. The zero-order chi connectivity index (χ0) is 19.4. The van der Waals surface area contributed by atoms with Gasteiger partial charge in [-0.3, -0.25) is 5.32 Å². The van der Waals surface area contributed by atoms with E-state index in [-0.39, 0.29) is 19.1 Å². The maximum atomic E-state index is 12.2. The number of hydrogen-bond donors (Lipinski definition) is 1. The zero-order valence-electron chi connectivity index (χ0n) is 16.8. The van der Waals surface area contributed by atoms with Crippen LogP contribution in [0.5, 0.6) is 0 Å². The first-order valence-corrected chi connectivity index (χ1v) is 9.90. The molecule has 2 saturated heterocycles. The number of nitrogens with zero attached hydrogens (tertiary/aromatic N) is 1. The van der Waals surface area contributed by atoms with E-state index in [1.54, 1.807) is 0 Å². The quantitative estimate of drug-likeness (QED) is 0.777. The molecule has 2 aliphatic heterocycles. The monoisotopic (exact) mass is 376 g/mol. The van der Waals surface area contributed by atoms with E-state index in [0.29, 0.717) is 25.0 Å². The number of benzene rings is 1. The molecule has 0 bridgehead atoms. The van der Waals surface area contributed by atoms with Gasteiger partial charge in [0.1, 0.15) is 24.6 Å². The molecule has 3 rings (SSSR count). The molecule has 1 N–H and O–H groups in total. The number of nitrogens with one attached hydrogen (secondary N) is 1. The van der Waals surface area contributed by atoms with Crippen molar-refractivity contribution in [3.05, 3.63) is 30.3 Å². The molecule has 2 atom stereocenters. The summed E-state index contributed by atoms with van der Waals surface area (Å²) in [4.78, 5) is 14.6. The number of fused-ring (bicyclic) bond motifs is 1. The number of para-hydroxylation sites is 1. The molecule has 2 heterocycles. The van der Waals surface area contributed by atoms with E-state index >= 15 is 0 Å². The molecule has 1 aromatic rings. The highest BCUT2D eigenvalue weighted by atomic mass is 16.6. The van der Waals surface area contributed by atoms with E-state index in [9.17, 15) is 4.79 Å². The van der Waals surface area contributed by atoms with Crippen LogP contribution in [0.4, 0.5) is 10.5 Å². The van der Waals surface area contributed by atoms with Crippen molar-refractivity contribution in [3.8, 4) is 0 Å². The van der Waals surface area contributed by atoms with Crippen molar-refractivity contribution in [1.29, 1.82) is 0 Å². The third-order valence-corrected chi connectivity index (χ3v) is 5.10. The van der Waals surface area contributed by atoms with Gasteiger partial charge < -0.3 is 14.2 Å². The van der Waals surface area contributed by atoms with E-state index in [2.05, 4.69) is 37.9 Å². The summed E-state index contributed by atoms with van der Waals surface area (Å²) in [6.45, 7) is 10.1.